The molecule has 7 heteroatoms. The Balaban J connectivity index is 1.76. The van der Waals surface area contributed by atoms with Gasteiger partial charge in [0.1, 0.15) is 16.9 Å². The number of aliphatic hydroxyl groups is 2. The van der Waals surface area contributed by atoms with Crippen LogP contribution < -0.4 is 0 Å². The van der Waals surface area contributed by atoms with Crippen molar-refractivity contribution in [2.45, 2.75) is 25.2 Å². The predicted molar refractivity (Wildman–Crippen MR) is 90.5 cm³/mol. The topological polar surface area (TPSA) is 86.8 Å². The largest absolute Gasteiger partial charge is 0.467 e. The van der Waals surface area contributed by atoms with E-state index in [4.69, 9.17) is 4.42 Å². The number of aliphatic hydroxyl groups excluding tert-OH is 2. The highest BCUT2D eigenvalue weighted by Gasteiger charge is 2.33. The van der Waals surface area contributed by atoms with Gasteiger partial charge in [-0.1, -0.05) is 12.1 Å². The Labute approximate surface area is 143 Å². The lowest BCUT2D eigenvalue weighted by atomic mass is 10.1. The summed E-state index contributed by atoms with van der Waals surface area (Å²) in [6.45, 7) is 1.79. The first-order valence-electron chi connectivity index (χ1n) is 7.50. The van der Waals surface area contributed by atoms with Gasteiger partial charge in [-0.15, -0.1) is 11.3 Å². The third-order valence-electron chi connectivity index (χ3n) is 4.00. The number of hydrogen-bond donors (Lipinski definition) is 2. The number of aromatic nitrogens is 1. The van der Waals surface area contributed by atoms with Crippen molar-refractivity contribution < 1.29 is 19.4 Å². The number of carbonyl (C=O) groups is 1. The van der Waals surface area contributed by atoms with E-state index in [9.17, 15) is 15.0 Å². The molecule has 1 amide bonds. The van der Waals surface area contributed by atoms with E-state index in [-0.39, 0.29) is 6.04 Å². The van der Waals surface area contributed by atoms with E-state index in [1.165, 1.54) is 22.5 Å². The van der Waals surface area contributed by atoms with Crippen molar-refractivity contribution in [1.82, 2.24) is 9.88 Å². The fraction of sp³-hybridized carbons (Fsp3) is 0.294. The van der Waals surface area contributed by atoms with Crippen LogP contribution in [-0.2, 0) is 4.79 Å². The van der Waals surface area contributed by atoms with Gasteiger partial charge < -0.3 is 19.5 Å². The van der Waals surface area contributed by atoms with Crippen LogP contribution >= 0.6 is 11.3 Å². The first kappa shape index (κ1) is 16.6. The van der Waals surface area contributed by atoms with E-state index < -0.39 is 18.1 Å². The Hall–Kier alpha value is -2.22. The SMILES string of the molecule is C[C@H](c1ccco1)N(C)C(=O)[C@H](O)[C@@H](O)c1nc2ccccc2s1. The van der Waals surface area contributed by atoms with Crippen LogP contribution in [0.2, 0.25) is 0 Å². The predicted octanol–water partition coefficient (Wildman–Crippen LogP) is 2.50. The maximum absolute atomic E-state index is 12.5. The molecule has 2 heterocycles. The van der Waals surface area contributed by atoms with Crippen LogP contribution in [0.5, 0.6) is 0 Å². The van der Waals surface area contributed by atoms with Crippen LogP contribution in [0.1, 0.15) is 29.8 Å². The molecular formula is C17H18N2O4S. The number of hydrogen-bond acceptors (Lipinski definition) is 6. The molecule has 1 aromatic carbocycles. The molecule has 0 spiro atoms. The molecule has 3 rings (SSSR count). The highest BCUT2D eigenvalue weighted by atomic mass is 32.1. The smallest absolute Gasteiger partial charge is 0.254 e. The van der Waals surface area contributed by atoms with Gasteiger partial charge in [0.25, 0.3) is 5.91 Å². The second-order valence-electron chi connectivity index (χ2n) is 5.55. The second-order valence-corrected chi connectivity index (χ2v) is 6.61. The number of para-hydroxylation sites is 1. The molecule has 0 saturated heterocycles. The standard InChI is InChI=1S/C17H18N2O4S/c1-10(12-7-5-9-23-12)19(2)17(22)15(21)14(20)16-18-11-6-3-4-8-13(11)24-16/h3-10,14-15,20-21H,1-2H3/t10-,14-,15-/m1/s1. The minimum atomic E-state index is -1.59. The highest BCUT2D eigenvalue weighted by Crippen LogP contribution is 2.29. The number of furan rings is 1. The molecule has 2 N–H and O–H groups in total. The van der Waals surface area contributed by atoms with Crippen molar-refractivity contribution >= 4 is 27.5 Å². The molecule has 24 heavy (non-hydrogen) atoms. The maximum atomic E-state index is 12.5. The van der Waals surface area contributed by atoms with Crippen LogP contribution in [0.3, 0.4) is 0 Å². The molecule has 0 radical (unpaired) electrons. The lowest BCUT2D eigenvalue weighted by Crippen LogP contribution is -2.41. The molecule has 0 aliphatic rings. The number of carbonyl (C=O) groups excluding carboxylic acids is 1. The van der Waals surface area contributed by atoms with Crippen LogP contribution in [0.4, 0.5) is 0 Å². The Morgan fingerprint density at radius 1 is 1.25 bits per heavy atom. The van der Waals surface area contributed by atoms with Gasteiger partial charge in [-0.2, -0.15) is 0 Å². The molecule has 0 aliphatic carbocycles. The summed E-state index contributed by atoms with van der Waals surface area (Å²) in [5.74, 6) is 0.0122. The average molecular weight is 346 g/mol. The number of fused-ring (bicyclic) bond motifs is 1. The lowest BCUT2D eigenvalue weighted by molar-refractivity contribution is -0.147. The minimum Gasteiger partial charge on any atom is -0.467 e. The van der Waals surface area contributed by atoms with Crippen molar-refractivity contribution in [3.63, 3.8) is 0 Å². The Bertz CT molecular complexity index is 797. The van der Waals surface area contributed by atoms with Gasteiger partial charge in [-0.25, -0.2) is 4.98 Å². The molecule has 2 aromatic heterocycles. The number of benzene rings is 1. The molecule has 0 saturated carbocycles. The van der Waals surface area contributed by atoms with Gasteiger partial charge in [0, 0.05) is 7.05 Å². The van der Waals surface area contributed by atoms with Crippen LogP contribution in [0.15, 0.2) is 47.1 Å². The van der Waals surface area contributed by atoms with Gasteiger partial charge in [-0.3, -0.25) is 4.79 Å². The third kappa shape index (κ3) is 3.06. The van der Waals surface area contributed by atoms with Crippen molar-refractivity contribution in [2.75, 3.05) is 7.05 Å². The van der Waals surface area contributed by atoms with E-state index >= 15 is 0 Å². The molecular weight excluding hydrogens is 328 g/mol. The van der Waals surface area contributed by atoms with Crippen LogP contribution in [0.25, 0.3) is 10.2 Å². The van der Waals surface area contributed by atoms with Gasteiger partial charge in [-0.05, 0) is 31.2 Å². The van der Waals surface area contributed by atoms with E-state index in [0.29, 0.717) is 10.8 Å². The minimum absolute atomic E-state index is 0.316. The van der Waals surface area contributed by atoms with Gasteiger partial charge >= 0.3 is 0 Å². The Morgan fingerprint density at radius 2 is 2.00 bits per heavy atom. The lowest BCUT2D eigenvalue weighted by Gasteiger charge is -2.27. The molecule has 0 bridgehead atoms. The number of amides is 1. The third-order valence-corrected chi connectivity index (χ3v) is 5.11. The van der Waals surface area contributed by atoms with Crippen molar-refractivity contribution in [1.29, 1.82) is 0 Å². The molecule has 0 fully saturated rings. The van der Waals surface area contributed by atoms with Crippen LogP contribution in [0, 0.1) is 0 Å². The van der Waals surface area contributed by atoms with Crippen molar-refractivity contribution in [3.05, 3.63) is 53.4 Å². The molecule has 6 nitrogen and oxygen atoms in total. The average Bonchev–Trinajstić information content (AvgIpc) is 3.27. The fourth-order valence-corrected chi connectivity index (χ4v) is 3.39. The fourth-order valence-electron chi connectivity index (χ4n) is 2.41. The van der Waals surface area contributed by atoms with E-state index in [1.54, 1.807) is 26.1 Å². The molecule has 0 unspecified atom stereocenters. The zero-order valence-electron chi connectivity index (χ0n) is 13.3. The Kier molecular flexibility index (Phi) is 4.66. The molecule has 3 aromatic rings. The summed E-state index contributed by atoms with van der Waals surface area (Å²) in [5.41, 5.74) is 0.730. The Morgan fingerprint density at radius 3 is 2.67 bits per heavy atom. The van der Waals surface area contributed by atoms with Gasteiger partial charge in [0.15, 0.2) is 6.10 Å². The number of nitrogens with zero attached hydrogens (tertiary/aromatic N) is 2. The van der Waals surface area contributed by atoms with E-state index in [1.807, 2.05) is 24.3 Å². The summed E-state index contributed by atoms with van der Waals surface area (Å²) in [5, 5.41) is 20.9. The van der Waals surface area contributed by atoms with Crippen LogP contribution in [-0.4, -0.2) is 39.2 Å². The highest BCUT2D eigenvalue weighted by molar-refractivity contribution is 7.18. The number of rotatable bonds is 5. The summed E-state index contributed by atoms with van der Waals surface area (Å²) in [7, 11) is 1.56. The quantitative estimate of drug-likeness (QED) is 0.741. The summed E-state index contributed by atoms with van der Waals surface area (Å²) in [6.07, 6.45) is -1.44. The zero-order chi connectivity index (χ0) is 17.3. The molecule has 0 aliphatic heterocycles. The van der Waals surface area contributed by atoms with Gasteiger partial charge in [0.2, 0.25) is 0 Å². The summed E-state index contributed by atoms with van der Waals surface area (Å²) < 4.78 is 6.18. The second kappa shape index (κ2) is 6.72. The maximum Gasteiger partial charge on any atom is 0.254 e. The summed E-state index contributed by atoms with van der Waals surface area (Å²) in [6, 6.07) is 10.5. The summed E-state index contributed by atoms with van der Waals surface area (Å²) in [4.78, 5) is 18.1. The first-order valence-corrected chi connectivity index (χ1v) is 8.32. The number of thiazole rings is 1. The number of likely N-dealkylation sites (N-methyl/N-ethyl adjacent to an activating group) is 1. The van der Waals surface area contributed by atoms with Crippen molar-refractivity contribution in [2.24, 2.45) is 0 Å². The van der Waals surface area contributed by atoms with E-state index in [0.717, 1.165) is 10.2 Å². The first-order chi connectivity index (χ1) is 11.5. The monoisotopic (exact) mass is 346 g/mol. The van der Waals surface area contributed by atoms with Gasteiger partial charge in [0.05, 0.1) is 22.5 Å². The molecule has 3 atom stereocenters. The van der Waals surface area contributed by atoms with Crippen molar-refractivity contribution in [3.8, 4) is 0 Å². The normalized spacial score (nSPS) is 15.2. The molecule has 126 valence electrons. The summed E-state index contributed by atoms with van der Waals surface area (Å²) >= 11 is 1.26. The zero-order valence-corrected chi connectivity index (χ0v) is 14.1. The van der Waals surface area contributed by atoms with E-state index in [2.05, 4.69) is 4.98 Å².